The normalized spacial score (nSPS) is 27.2. The maximum atomic E-state index is 11.9. The van der Waals surface area contributed by atoms with E-state index in [4.69, 9.17) is 0 Å². The van der Waals surface area contributed by atoms with Crippen LogP contribution in [0.15, 0.2) is 0 Å². The van der Waals surface area contributed by atoms with Crippen LogP contribution in [0.4, 0.5) is 13.2 Å². The van der Waals surface area contributed by atoms with Gasteiger partial charge in [0, 0.05) is 6.04 Å². The highest BCUT2D eigenvalue weighted by Gasteiger charge is 2.28. The maximum absolute atomic E-state index is 11.9. The fourth-order valence-corrected chi connectivity index (χ4v) is 2.36. The van der Waals surface area contributed by atoms with Gasteiger partial charge in [-0.15, -0.1) is 0 Å². The molecule has 0 aromatic rings. The predicted molar refractivity (Wildman–Crippen MR) is 60.3 cm³/mol. The molecule has 2 nitrogen and oxygen atoms in total. The van der Waals surface area contributed by atoms with Crippen molar-refractivity contribution in [1.82, 2.24) is 5.48 Å². The molecule has 0 aromatic heterocycles. The molecule has 1 rings (SSSR count). The number of nitrogens with one attached hydrogen (secondary N) is 1. The van der Waals surface area contributed by atoms with E-state index >= 15 is 0 Å². The molecule has 0 bridgehead atoms. The van der Waals surface area contributed by atoms with Crippen molar-refractivity contribution in [2.45, 2.75) is 58.2 Å². The van der Waals surface area contributed by atoms with Crippen LogP contribution in [0.3, 0.4) is 0 Å². The lowest BCUT2D eigenvalue weighted by Gasteiger charge is -2.19. The Morgan fingerprint density at radius 2 is 1.88 bits per heavy atom. The van der Waals surface area contributed by atoms with Crippen LogP contribution in [-0.2, 0) is 4.84 Å². The third-order valence-electron chi connectivity index (χ3n) is 3.44. The highest BCUT2D eigenvalue weighted by Crippen LogP contribution is 2.28. The first-order valence-corrected chi connectivity index (χ1v) is 6.32. The summed E-state index contributed by atoms with van der Waals surface area (Å²) in [4.78, 5) is 4.51. The van der Waals surface area contributed by atoms with E-state index in [1.165, 1.54) is 6.42 Å². The average molecular weight is 253 g/mol. The molecule has 1 saturated carbocycles. The van der Waals surface area contributed by atoms with Crippen LogP contribution in [0.5, 0.6) is 0 Å². The number of halogens is 3. The van der Waals surface area contributed by atoms with Crippen molar-refractivity contribution in [3.8, 4) is 0 Å². The molecule has 2 atom stereocenters. The first-order chi connectivity index (χ1) is 7.88. The largest absolute Gasteiger partial charge is 0.413 e. The van der Waals surface area contributed by atoms with Crippen molar-refractivity contribution in [2.75, 3.05) is 6.61 Å². The molecule has 102 valence electrons. The van der Waals surface area contributed by atoms with Crippen LogP contribution in [-0.4, -0.2) is 18.8 Å². The van der Waals surface area contributed by atoms with Crippen molar-refractivity contribution in [3.05, 3.63) is 0 Å². The number of hydrogen-bond donors (Lipinski definition) is 1. The third-order valence-corrected chi connectivity index (χ3v) is 3.44. The second-order valence-electron chi connectivity index (χ2n) is 5.23. The van der Waals surface area contributed by atoms with Crippen LogP contribution in [0.2, 0.25) is 0 Å². The minimum absolute atomic E-state index is 0.0705. The summed E-state index contributed by atoms with van der Waals surface area (Å²) >= 11 is 0. The van der Waals surface area contributed by atoms with Crippen LogP contribution in [0.1, 0.15) is 46.0 Å². The molecule has 1 aliphatic rings. The summed E-state index contributed by atoms with van der Waals surface area (Å²) < 4.78 is 35.7. The molecule has 2 unspecified atom stereocenters. The Kier molecular flexibility index (Phi) is 5.73. The molecule has 0 heterocycles. The molecule has 0 saturated heterocycles. The summed E-state index contributed by atoms with van der Waals surface area (Å²) in [5, 5.41) is 0. The molecule has 1 N–H and O–H groups in total. The second-order valence-corrected chi connectivity index (χ2v) is 5.23. The summed E-state index contributed by atoms with van der Waals surface area (Å²) in [6.07, 6.45) is 0.871. The topological polar surface area (TPSA) is 21.3 Å². The molecule has 1 fully saturated rings. The molecule has 0 spiro atoms. The molecule has 0 aliphatic heterocycles. The lowest BCUT2D eigenvalue weighted by atomic mass is 9.89. The Hall–Kier alpha value is -0.290. The second kappa shape index (κ2) is 6.59. The lowest BCUT2D eigenvalue weighted by molar-refractivity contribution is -0.193. The molecular weight excluding hydrogens is 231 g/mol. The van der Waals surface area contributed by atoms with E-state index < -0.39 is 12.8 Å². The average Bonchev–Trinajstić information content (AvgIpc) is 2.41. The van der Waals surface area contributed by atoms with E-state index in [1.807, 2.05) is 0 Å². The predicted octanol–water partition coefficient (Wildman–Crippen LogP) is 3.67. The Labute approximate surface area is 101 Å². The molecule has 5 heteroatoms. The van der Waals surface area contributed by atoms with Gasteiger partial charge in [-0.2, -0.15) is 18.7 Å². The number of hydrogen-bond acceptors (Lipinski definition) is 2. The molecule has 0 radical (unpaired) electrons. The zero-order valence-electron chi connectivity index (χ0n) is 10.5. The Bertz CT molecular complexity index is 218. The molecule has 1 aliphatic carbocycles. The Morgan fingerprint density at radius 1 is 1.18 bits per heavy atom. The van der Waals surface area contributed by atoms with Gasteiger partial charge in [0.25, 0.3) is 0 Å². The Morgan fingerprint density at radius 3 is 2.47 bits per heavy atom. The van der Waals surface area contributed by atoms with Gasteiger partial charge < -0.3 is 0 Å². The first-order valence-electron chi connectivity index (χ1n) is 6.32. The van der Waals surface area contributed by atoms with Gasteiger partial charge >= 0.3 is 6.18 Å². The highest BCUT2D eigenvalue weighted by atomic mass is 19.4. The highest BCUT2D eigenvalue weighted by molar-refractivity contribution is 4.74. The van der Waals surface area contributed by atoms with Crippen molar-refractivity contribution in [2.24, 2.45) is 11.8 Å². The van der Waals surface area contributed by atoms with E-state index in [0.29, 0.717) is 11.8 Å². The van der Waals surface area contributed by atoms with E-state index in [1.54, 1.807) is 0 Å². The zero-order chi connectivity index (χ0) is 12.9. The number of alkyl halides is 3. The van der Waals surface area contributed by atoms with Gasteiger partial charge in [-0.05, 0) is 31.1 Å². The molecule has 0 amide bonds. The fourth-order valence-electron chi connectivity index (χ4n) is 2.36. The van der Waals surface area contributed by atoms with E-state index in [2.05, 4.69) is 24.2 Å². The van der Waals surface area contributed by atoms with Crippen molar-refractivity contribution >= 4 is 0 Å². The quantitative estimate of drug-likeness (QED) is 0.609. The molecule has 0 aromatic carbocycles. The summed E-state index contributed by atoms with van der Waals surface area (Å²) in [6, 6.07) is 0.0705. The van der Waals surface area contributed by atoms with Gasteiger partial charge in [0.15, 0.2) is 6.61 Å². The van der Waals surface area contributed by atoms with Crippen LogP contribution in [0, 0.1) is 11.8 Å². The van der Waals surface area contributed by atoms with Gasteiger partial charge in [-0.25, -0.2) is 0 Å². The van der Waals surface area contributed by atoms with Crippen molar-refractivity contribution in [3.63, 3.8) is 0 Å². The van der Waals surface area contributed by atoms with Gasteiger partial charge in [0.05, 0.1) is 0 Å². The smallest absolute Gasteiger partial charge is 0.292 e. The van der Waals surface area contributed by atoms with E-state index in [9.17, 15) is 13.2 Å². The summed E-state index contributed by atoms with van der Waals surface area (Å²) in [5.41, 5.74) is 2.56. The number of hydroxylamine groups is 1. The third kappa shape index (κ3) is 6.27. The van der Waals surface area contributed by atoms with Crippen LogP contribution < -0.4 is 5.48 Å². The first kappa shape index (κ1) is 14.8. The van der Waals surface area contributed by atoms with Crippen LogP contribution >= 0.6 is 0 Å². The molecule has 17 heavy (non-hydrogen) atoms. The minimum Gasteiger partial charge on any atom is -0.292 e. The zero-order valence-corrected chi connectivity index (χ0v) is 10.5. The number of rotatable bonds is 4. The summed E-state index contributed by atoms with van der Waals surface area (Å²) in [5.74, 6) is 1.36. The SMILES string of the molecule is CC(C)C1CCCC(NOCC(F)(F)F)CC1. The summed E-state index contributed by atoms with van der Waals surface area (Å²) in [7, 11) is 0. The molecular formula is C12H22F3NO. The van der Waals surface area contributed by atoms with Gasteiger partial charge in [0.2, 0.25) is 0 Å². The maximum Gasteiger partial charge on any atom is 0.413 e. The summed E-state index contributed by atoms with van der Waals surface area (Å²) in [6.45, 7) is 3.20. The van der Waals surface area contributed by atoms with E-state index in [0.717, 1.165) is 25.7 Å². The lowest BCUT2D eigenvalue weighted by Crippen LogP contribution is -2.32. The van der Waals surface area contributed by atoms with Crippen LogP contribution in [0.25, 0.3) is 0 Å². The van der Waals surface area contributed by atoms with Crippen molar-refractivity contribution in [1.29, 1.82) is 0 Å². The van der Waals surface area contributed by atoms with Gasteiger partial charge in [-0.1, -0.05) is 26.7 Å². The van der Waals surface area contributed by atoms with Crippen molar-refractivity contribution < 1.29 is 18.0 Å². The minimum atomic E-state index is -4.25. The fraction of sp³-hybridized carbons (Fsp3) is 1.00. The Balaban J connectivity index is 2.23. The van der Waals surface area contributed by atoms with E-state index in [-0.39, 0.29) is 6.04 Å². The van der Waals surface area contributed by atoms with Gasteiger partial charge in [-0.3, -0.25) is 4.84 Å². The van der Waals surface area contributed by atoms with Gasteiger partial charge in [0.1, 0.15) is 0 Å². The monoisotopic (exact) mass is 253 g/mol. The standard InChI is InChI=1S/C12H22F3NO/c1-9(2)10-4-3-5-11(7-6-10)16-17-8-12(13,14)15/h9-11,16H,3-8H2,1-2H3.